The summed E-state index contributed by atoms with van der Waals surface area (Å²) in [6, 6.07) is 0. The zero-order valence-corrected chi connectivity index (χ0v) is 9.52. The van der Waals surface area contributed by atoms with Gasteiger partial charge in [-0.3, -0.25) is 0 Å². The van der Waals surface area contributed by atoms with Crippen LogP contribution in [0.1, 0.15) is 38.5 Å². The standard InChI is InChI=1S/C12H24N2/c1-13-10-12(6-2-3-7-12)11-14-8-4-5-9-14/h13H,2-11H2,1H3. The van der Waals surface area contributed by atoms with E-state index in [9.17, 15) is 0 Å². The van der Waals surface area contributed by atoms with Crippen LogP contribution in [0.2, 0.25) is 0 Å². The molecular formula is C12H24N2. The Hall–Kier alpha value is -0.0800. The van der Waals surface area contributed by atoms with Gasteiger partial charge in [-0.2, -0.15) is 0 Å². The number of nitrogens with one attached hydrogen (secondary N) is 1. The lowest BCUT2D eigenvalue weighted by Gasteiger charge is -2.33. The highest BCUT2D eigenvalue weighted by atomic mass is 15.1. The summed E-state index contributed by atoms with van der Waals surface area (Å²) in [5.74, 6) is 0. The lowest BCUT2D eigenvalue weighted by atomic mass is 9.85. The fourth-order valence-corrected chi connectivity index (χ4v) is 3.31. The predicted molar refractivity (Wildman–Crippen MR) is 60.5 cm³/mol. The van der Waals surface area contributed by atoms with Crippen LogP contribution in [0, 0.1) is 5.41 Å². The van der Waals surface area contributed by atoms with Crippen molar-refractivity contribution in [3.63, 3.8) is 0 Å². The summed E-state index contributed by atoms with van der Waals surface area (Å²) in [4.78, 5) is 2.68. The van der Waals surface area contributed by atoms with Crippen LogP contribution in [-0.4, -0.2) is 38.1 Å². The Labute approximate surface area is 88.1 Å². The van der Waals surface area contributed by atoms with E-state index < -0.39 is 0 Å². The van der Waals surface area contributed by atoms with Gasteiger partial charge in [-0.15, -0.1) is 0 Å². The van der Waals surface area contributed by atoms with Gasteiger partial charge in [0.1, 0.15) is 0 Å². The Morgan fingerprint density at radius 2 is 1.71 bits per heavy atom. The smallest absolute Gasteiger partial charge is 0.00501 e. The topological polar surface area (TPSA) is 15.3 Å². The molecule has 0 atom stereocenters. The van der Waals surface area contributed by atoms with Crippen LogP contribution in [0.4, 0.5) is 0 Å². The van der Waals surface area contributed by atoms with E-state index in [1.165, 1.54) is 64.7 Å². The molecule has 1 saturated heterocycles. The summed E-state index contributed by atoms with van der Waals surface area (Å²) >= 11 is 0. The molecule has 1 N–H and O–H groups in total. The molecule has 14 heavy (non-hydrogen) atoms. The van der Waals surface area contributed by atoms with Crippen molar-refractivity contribution >= 4 is 0 Å². The maximum atomic E-state index is 3.40. The molecule has 1 heterocycles. The van der Waals surface area contributed by atoms with Gasteiger partial charge in [0.25, 0.3) is 0 Å². The van der Waals surface area contributed by atoms with Gasteiger partial charge in [0.05, 0.1) is 0 Å². The molecule has 2 nitrogen and oxygen atoms in total. The van der Waals surface area contributed by atoms with E-state index in [-0.39, 0.29) is 0 Å². The maximum absolute atomic E-state index is 3.40. The van der Waals surface area contributed by atoms with Crippen LogP contribution in [0.25, 0.3) is 0 Å². The molecule has 0 aromatic heterocycles. The second-order valence-electron chi connectivity index (χ2n) is 5.22. The highest BCUT2D eigenvalue weighted by Gasteiger charge is 2.35. The highest BCUT2D eigenvalue weighted by Crippen LogP contribution is 2.38. The van der Waals surface area contributed by atoms with Crippen molar-refractivity contribution in [3.05, 3.63) is 0 Å². The highest BCUT2D eigenvalue weighted by molar-refractivity contribution is 4.89. The number of hydrogen-bond acceptors (Lipinski definition) is 2. The molecule has 1 aliphatic carbocycles. The molecule has 0 aromatic rings. The van der Waals surface area contributed by atoms with Crippen molar-refractivity contribution in [2.75, 3.05) is 33.2 Å². The predicted octanol–water partition coefficient (Wildman–Crippen LogP) is 1.86. The summed E-state index contributed by atoms with van der Waals surface area (Å²) in [6.45, 7) is 5.29. The molecule has 1 aliphatic heterocycles. The first-order chi connectivity index (χ1) is 6.85. The van der Waals surface area contributed by atoms with Gasteiger partial charge >= 0.3 is 0 Å². The van der Waals surface area contributed by atoms with Gasteiger partial charge in [0.2, 0.25) is 0 Å². The molecule has 2 aliphatic rings. The quantitative estimate of drug-likeness (QED) is 0.738. The zero-order chi connectivity index (χ0) is 9.86. The van der Waals surface area contributed by atoms with Crippen molar-refractivity contribution in [3.8, 4) is 0 Å². The number of hydrogen-bond donors (Lipinski definition) is 1. The van der Waals surface area contributed by atoms with Crippen molar-refractivity contribution in [1.82, 2.24) is 10.2 Å². The minimum Gasteiger partial charge on any atom is -0.319 e. The minimum absolute atomic E-state index is 0.624. The van der Waals surface area contributed by atoms with E-state index in [1.807, 2.05) is 0 Å². The number of likely N-dealkylation sites (tertiary alicyclic amines) is 1. The molecule has 2 fully saturated rings. The van der Waals surface area contributed by atoms with Crippen LogP contribution in [0.15, 0.2) is 0 Å². The van der Waals surface area contributed by atoms with Crippen LogP contribution < -0.4 is 5.32 Å². The third-order valence-corrected chi connectivity index (χ3v) is 3.97. The third kappa shape index (κ3) is 2.29. The molecule has 2 rings (SSSR count). The molecule has 82 valence electrons. The van der Waals surface area contributed by atoms with Gasteiger partial charge < -0.3 is 10.2 Å². The van der Waals surface area contributed by atoms with Gasteiger partial charge in [-0.25, -0.2) is 0 Å². The Bertz CT molecular complexity index is 167. The third-order valence-electron chi connectivity index (χ3n) is 3.97. The van der Waals surface area contributed by atoms with E-state index in [2.05, 4.69) is 17.3 Å². The zero-order valence-electron chi connectivity index (χ0n) is 9.52. The van der Waals surface area contributed by atoms with Gasteiger partial charge in [-0.05, 0) is 51.2 Å². The Balaban J connectivity index is 1.89. The van der Waals surface area contributed by atoms with Crippen LogP contribution in [0.3, 0.4) is 0 Å². The molecule has 1 saturated carbocycles. The van der Waals surface area contributed by atoms with Gasteiger partial charge in [0.15, 0.2) is 0 Å². The molecule has 0 spiro atoms. The Morgan fingerprint density at radius 3 is 2.29 bits per heavy atom. The van der Waals surface area contributed by atoms with E-state index in [4.69, 9.17) is 0 Å². The Kier molecular flexibility index (Phi) is 3.45. The maximum Gasteiger partial charge on any atom is 0.00501 e. The first-order valence-corrected chi connectivity index (χ1v) is 6.22. The van der Waals surface area contributed by atoms with Crippen molar-refractivity contribution in [2.24, 2.45) is 5.41 Å². The van der Waals surface area contributed by atoms with E-state index in [0.29, 0.717) is 5.41 Å². The van der Waals surface area contributed by atoms with E-state index >= 15 is 0 Å². The summed E-state index contributed by atoms with van der Waals surface area (Å²) in [5, 5.41) is 3.40. The average molecular weight is 196 g/mol. The lowest BCUT2D eigenvalue weighted by molar-refractivity contribution is 0.175. The van der Waals surface area contributed by atoms with Crippen molar-refractivity contribution < 1.29 is 0 Å². The normalized spacial score (nSPS) is 27.2. The molecular weight excluding hydrogens is 172 g/mol. The summed E-state index contributed by atoms with van der Waals surface area (Å²) < 4.78 is 0. The summed E-state index contributed by atoms with van der Waals surface area (Å²) in [6.07, 6.45) is 8.66. The first-order valence-electron chi connectivity index (χ1n) is 6.22. The van der Waals surface area contributed by atoms with Crippen LogP contribution in [0.5, 0.6) is 0 Å². The number of nitrogens with zero attached hydrogens (tertiary/aromatic N) is 1. The second kappa shape index (κ2) is 4.63. The molecule has 0 radical (unpaired) electrons. The SMILES string of the molecule is CNCC1(CN2CCCC2)CCCC1. The van der Waals surface area contributed by atoms with Crippen molar-refractivity contribution in [2.45, 2.75) is 38.5 Å². The van der Waals surface area contributed by atoms with Crippen LogP contribution in [-0.2, 0) is 0 Å². The molecule has 0 unspecified atom stereocenters. The lowest BCUT2D eigenvalue weighted by Crippen LogP contribution is -2.40. The van der Waals surface area contributed by atoms with Gasteiger partial charge in [-0.1, -0.05) is 12.8 Å². The van der Waals surface area contributed by atoms with E-state index in [0.717, 1.165) is 0 Å². The van der Waals surface area contributed by atoms with Crippen LogP contribution >= 0.6 is 0 Å². The Morgan fingerprint density at radius 1 is 1.07 bits per heavy atom. The fraction of sp³-hybridized carbons (Fsp3) is 1.00. The fourth-order valence-electron chi connectivity index (χ4n) is 3.31. The van der Waals surface area contributed by atoms with E-state index in [1.54, 1.807) is 0 Å². The number of rotatable bonds is 4. The monoisotopic (exact) mass is 196 g/mol. The molecule has 0 aromatic carbocycles. The average Bonchev–Trinajstić information content (AvgIpc) is 2.78. The summed E-state index contributed by atoms with van der Waals surface area (Å²) in [5.41, 5.74) is 0.624. The van der Waals surface area contributed by atoms with Crippen molar-refractivity contribution in [1.29, 1.82) is 0 Å². The molecule has 2 heteroatoms. The first kappa shape index (κ1) is 10.4. The van der Waals surface area contributed by atoms with Gasteiger partial charge in [0, 0.05) is 13.1 Å². The minimum atomic E-state index is 0.624. The largest absolute Gasteiger partial charge is 0.319 e. The molecule has 0 amide bonds. The summed E-state index contributed by atoms with van der Waals surface area (Å²) in [7, 11) is 2.10. The molecule has 0 bridgehead atoms. The second-order valence-corrected chi connectivity index (χ2v) is 5.22.